The van der Waals surface area contributed by atoms with Crippen LogP contribution in [0.15, 0.2) is 24.3 Å². The predicted molar refractivity (Wildman–Crippen MR) is 89.4 cm³/mol. The third-order valence-corrected chi connectivity index (χ3v) is 5.21. The van der Waals surface area contributed by atoms with E-state index in [1.54, 1.807) is 14.2 Å². The lowest BCUT2D eigenvalue weighted by atomic mass is 9.76. The van der Waals surface area contributed by atoms with Crippen LogP contribution in [0.4, 0.5) is 0 Å². The average Bonchev–Trinajstić information content (AvgIpc) is 2.58. The predicted octanol–water partition coefficient (Wildman–Crippen LogP) is 3.16. The SMILES string of the molecule is COc1c(O)c2c3c(c1OC)CCN(C)[C@@H]3Cc1ccccc1-2. The fourth-order valence-electron chi connectivity index (χ4n) is 4.13. The summed E-state index contributed by atoms with van der Waals surface area (Å²) >= 11 is 0. The molecule has 1 heterocycles. The molecule has 0 unspecified atom stereocenters. The van der Waals surface area contributed by atoms with E-state index in [4.69, 9.17) is 9.47 Å². The molecule has 120 valence electrons. The summed E-state index contributed by atoms with van der Waals surface area (Å²) in [6.07, 6.45) is 1.86. The van der Waals surface area contributed by atoms with Crippen LogP contribution in [-0.4, -0.2) is 37.8 Å². The Bertz CT molecular complexity index is 785. The van der Waals surface area contributed by atoms with Crippen LogP contribution in [0.5, 0.6) is 17.2 Å². The molecule has 1 aliphatic carbocycles. The van der Waals surface area contributed by atoms with Gasteiger partial charge < -0.3 is 14.6 Å². The van der Waals surface area contributed by atoms with Gasteiger partial charge in [0.15, 0.2) is 11.5 Å². The van der Waals surface area contributed by atoms with E-state index < -0.39 is 0 Å². The Kier molecular flexibility index (Phi) is 3.23. The minimum Gasteiger partial charge on any atom is -0.504 e. The van der Waals surface area contributed by atoms with Crippen molar-refractivity contribution in [2.24, 2.45) is 0 Å². The molecular formula is C19H21NO3. The molecule has 1 atom stereocenters. The maximum Gasteiger partial charge on any atom is 0.204 e. The molecule has 0 bridgehead atoms. The van der Waals surface area contributed by atoms with Gasteiger partial charge in [-0.3, -0.25) is 4.90 Å². The molecule has 0 radical (unpaired) electrons. The second-order valence-electron chi connectivity index (χ2n) is 6.29. The molecule has 0 fully saturated rings. The summed E-state index contributed by atoms with van der Waals surface area (Å²) in [7, 11) is 5.38. The fourth-order valence-corrected chi connectivity index (χ4v) is 4.13. The quantitative estimate of drug-likeness (QED) is 0.925. The Morgan fingerprint density at radius 2 is 1.87 bits per heavy atom. The molecule has 4 rings (SSSR count). The Morgan fingerprint density at radius 1 is 1.13 bits per heavy atom. The van der Waals surface area contributed by atoms with E-state index in [1.807, 2.05) is 6.07 Å². The van der Waals surface area contributed by atoms with Gasteiger partial charge in [-0.05, 0) is 36.6 Å². The number of ether oxygens (including phenoxy) is 2. The molecule has 0 spiro atoms. The summed E-state index contributed by atoms with van der Waals surface area (Å²) < 4.78 is 11.1. The molecule has 23 heavy (non-hydrogen) atoms. The number of phenols is 1. The van der Waals surface area contributed by atoms with Crippen molar-refractivity contribution in [1.29, 1.82) is 0 Å². The van der Waals surface area contributed by atoms with Crippen molar-refractivity contribution in [3.05, 3.63) is 41.0 Å². The zero-order valence-electron chi connectivity index (χ0n) is 13.7. The molecule has 0 saturated heterocycles. The molecule has 1 N–H and O–H groups in total. The smallest absolute Gasteiger partial charge is 0.204 e. The highest BCUT2D eigenvalue weighted by Crippen LogP contribution is 2.56. The fraction of sp³-hybridized carbons (Fsp3) is 0.368. The molecule has 0 aromatic heterocycles. The first kappa shape index (κ1) is 14.4. The number of benzene rings is 2. The highest BCUT2D eigenvalue weighted by atomic mass is 16.5. The zero-order chi connectivity index (χ0) is 16.1. The average molecular weight is 311 g/mol. The monoisotopic (exact) mass is 311 g/mol. The highest BCUT2D eigenvalue weighted by Gasteiger charge is 2.38. The van der Waals surface area contributed by atoms with Gasteiger partial charge in [0.05, 0.1) is 14.2 Å². The molecular weight excluding hydrogens is 290 g/mol. The van der Waals surface area contributed by atoms with Crippen LogP contribution >= 0.6 is 0 Å². The van der Waals surface area contributed by atoms with E-state index in [9.17, 15) is 5.11 Å². The number of fused-ring (bicyclic) bond motifs is 2. The largest absolute Gasteiger partial charge is 0.504 e. The van der Waals surface area contributed by atoms with Crippen LogP contribution in [0.25, 0.3) is 11.1 Å². The second kappa shape index (κ2) is 5.17. The molecule has 1 aliphatic heterocycles. The maximum absolute atomic E-state index is 10.9. The van der Waals surface area contributed by atoms with Crippen LogP contribution in [-0.2, 0) is 12.8 Å². The number of phenolic OH excluding ortho intramolecular Hbond substituents is 1. The number of hydrogen-bond acceptors (Lipinski definition) is 4. The normalized spacial score (nSPS) is 19.0. The minimum atomic E-state index is 0.190. The summed E-state index contributed by atoms with van der Waals surface area (Å²) in [5.41, 5.74) is 5.67. The standard InChI is InChI=1S/C19H21NO3/c1-20-9-8-13-15-14(20)10-11-6-4-5-7-12(11)16(15)17(21)19(23-3)18(13)22-2/h4-7,14,21H,8-10H2,1-3H3/t14-/m1/s1. The van der Waals surface area contributed by atoms with E-state index in [0.717, 1.165) is 30.5 Å². The molecule has 0 amide bonds. The van der Waals surface area contributed by atoms with Gasteiger partial charge in [0, 0.05) is 23.7 Å². The molecule has 0 saturated carbocycles. The minimum absolute atomic E-state index is 0.190. The second-order valence-corrected chi connectivity index (χ2v) is 6.29. The maximum atomic E-state index is 10.9. The van der Waals surface area contributed by atoms with Crippen LogP contribution < -0.4 is 9.47 Å². The van der Waals surface area contributed by atoms with Crippen molar-refractivity contribution < 1.29 is 14.6 Å². The van der Waals surface area contributed by atoms with Crippen molar-refractivity contribution in [2.75, 3.05) is 27.8 Å². The first-order valence-corrected chi connectivity index (χ1v) is 7.95. The Hall–Kier alpha value is -2.20. The summed E-state index contributed by atoms with van der Waals surface area (Å²) in [5.74, 6) is 1.32. The molecule has 4 heteroatoms. The molecule has 2 aromatic rings. The zero-order valence-corrected chi connectivity index (χ0v) is 13.7. The van der Waals surface area contributed by atoms with Gasteiger partial charge in [0.1, 0.15) is 0 Å². The lowest BCUT2D eigenvalue weighted by Crippen LogP contribution is -2.35. The van der Waals surface area contributed by atoms with Crippen molar-refractivity contribution in [2.45, 2.75) is 18.9 Å². The van der Waals surface area contributed by atoms with Crippen molar-refractivity contribution in [3.63, 3.8) is 0 Å². The molecule has 2 aromatic carbocycles. The number of methoxy groups -OCH3 is 2. The van der Waals surface area contributed by atoms with Crippen molar-refractivity contribution in [1.82, 2.24) is 4.90 Å². The number of likely N-dealkylation sites (N-methyl/N-ethyl adjacent to an activating group) is 1. The van der Waals surface area contributed by atoms with E-state index in [2.05, 4.69) is 30.1 Å². The number of hydrogen-bond donors (Lipinski definition) is 1. The van der Waals surface area contributed by atoms with Crippen LogP contribution in [0.2, 0.25) is 0 Å². The topological polar surface area (TPSA) is 41.9 Å². The van der Waals surface area contributed by atoms with Gasteiger partial charge in [0.25, 0.3) is 0 Å². The first-order valence-electron chi connectivity index (χ1n) is 7.95. The van der Waals surface area contributed by atoms with E-state index in [0.29, 0.717) is 11.5 Å². The van der Waals surface area contributed by atoms with Gasteiger partial charge in [0.2, 0.25) is 5.75 Å². The molecule has 2 aliphatic rings. The van der Waals surface area contributed by atoms with Crippen LogP contribution in [0, 0.1) is 0 Å². The van der Waals surface area contributed by atoms with Gasteiger partial charge in [-0.1, -0.05) is 24.3 Å². The third-order valence-electron chi connectivity index (χ3n) is 5.21. The van der Waals surface area contributed by atoms with Crippen LogP contribution in [0.3, 0.4) is 0 Å². The Labute approximate surface area is 136 Å². The summed E-state index contributed by atoms with van der Waals surface area (Å²) in [4.78, 5) is 2.37. The van der Waals surface area contributed by atoms with Crippen LogP contribution in [0.1, 0.15) is 22.7 Å². The van der Waals surface area contributed by atoms with Crippen molar-refractivity contribution in [3.8, 4) is 28.4 Å². The summed E-state index contributed by atoms with van der Waals surface area (Å²) in [6.45, 7) is 0.976. The number of aromatic hydroxyl groups is 1. The van der Waals surface area contributed by atoms with E-state index >= 15 is 0 Å². The third kappa shape index (κ3) is 1.88. The Balaban J connectivity index is 2.12. The highest BCUT2D eigenvalue weighted by molar-refractivity contribution is 5.85. The van der Waals surface area contributed by atoms with Gasteiger partial charge in [-0.25, -0.2) is 0 Å². The van der Waals surface area contributed by atoms with Gasteiger partial charge in [-0.2, -0.15) is 0 Å². The molecule has 4 nitrogen and oxygen atoms in total. The number of rotatable bonds is 2. The van der Waals surface area contributed by atoms with Gasteiger partial charge in [-0.15, -0.1) is 0 Å². The lowest BCUT2D eigenvalue weighted by Gasteiger charge is -2.40. The first-order chi connectivity index (χ1) is 11.2. The van der Waals surface area contributed by atoms with E-state index in [-0.39, 0.29) is 11.8 Å². The summed E-state index contributed by atoms with van der Waals surface area (Å²) in [5, 5.41) is 10.9. The summed E-state index contributed by atoms with van der Waals surface area (Å²) in [6, 6.07) is 8.59. The number of nitrogens with zero attached hydrogens (tertiary/aromatic N) is 1. The van der Waals surface area contributed by atoms with Gasteiger partial charge >= 0.3 is 0 Å². The Morgan fingerprint density at radius 3 is 2.61 bits per heavy atom. The van der Waals surface area contributed by atoms with Crippen molar-refractivity contribution >= 4 is 0 Å². The lowest BCUT2D eigenvalue weighted by molar-refractivity contribution is 0.222. The van der Waals surface area contributed by atoms with E-state index in [1.165, 1.54) is 16.7 Å².